The Hall–Kier alpha value is -2.21. The summed E-state index contributed by atoms with van der Waals surface area (Å²) in [5.41, 5.74) is 1.23. The number of para-hydroxylation sites is 1. The molecule has 0 saturated heterocycles. The predicted octanol–water partition coefficient (Wildman–Crippen LogP) is 4.99. The molecule has 1 N–H and O–H groups in total. The molecule has 0 heterocycles. The lowest BCUT2D eigenvalue weighted by molar-refractivity contribution is -0.111. The molecule has 0 spiro atoms. The number of halogens is 3. The van der Waals surface area contributed by atoms with Crippen LogP contribution in [0.5, 0.6) is 0 Å². The largest absolute Gasteiger partial charge is 0.398 e. The molecule has 0 aromatic heterocycles. The zero-order chi connectivity index (χ0) is 16.7. The van der Waals surface area contributed by atoms with Crippen molar-refractivity contribution in [1.82, 2.24) is 0 Å². The van der Waals surface area contributed by atoms with Crippen molar-refractivity contribution in [2.45, 2.75) is 11.1 Å². The number of alkyl halides is 3. The van der Waals surface area contributed by atoms with E-state index in [2.05, 4.69) is 5.32 Å². The van der Waals surface area contributed by atoms with Gasteiger partial charge in [-0.3, -0.25) is 4.79 Å². The quantitative estimate of drug-likeness (QED) is 0.615. The minimum Gasteiger partial charge on any atom is -0.321 e. The molecule has 0 aliphatic heterocycles. The number of hydrogen-bond donors (Lipinski definition) is 1. The van der Waals surface area contributed by atoms with E-state index in [-0.39, 0.29) is 0 Å². The van der Waals surface area contributed by atoms with Crippen LogP contribution in [0.3, 0.4) is 0 Å². The smallest absolute Gasteiger partial charge is 0.321 e. The Morgan fingerprint density at radius 2 is 1.70 bits per heavy atom. The van der Waals surface area contributed by atoms with E-state index in [1.54, 1.807) is 30.3 Å². The second kappa shape index (κ2) is 7.87. The minimum absolute atomic E-state index is 0.365. The molecule has 1 amide bonds. The lowest BCUT2D eigenvalue weighted by Gasteiger charge is -2.10. The van der Waals surface area contributed by atoms with E-state index < -0.39 is 17.8 Å². The number of rotatable bonds is 5. The molecule has 2 aromatic rings. The topological polar surface area (TPSA) is 29.1 Å². The monoisotopic (exact) mass is 337 g/mol. The van der Waals surface area contributed by atoms with Gasteiger partial charge >= 0.3 is 6.18 Å². The molecule has 0 bridgehead atoms. The number of hydrogen-bond acceptors (Lipinski definition) is 2. The Balaban J connectivity index is 2.02. The summed E-state index contributed by atoms with van der Waals surface area (Å²) in [6, 6.07) is 15.7. The van der Waals surface area contributed by atoms with E-state index in [1.165, 1.54) is 6.08 Å². The first-order chi connectivity index (χ1) is 10.9. The summed E-state index contributed by atoms with van der Waals surface area (Å²) >= 11 is 0.647. The van der Waals surface area contributed by atoms with Gasteiger partial charge in [-0.25, -0.2) is 0 Å². The van der Waals surface area contributed by atoms with E-state index in [1.807, 2.05) is 30.3 Å². The Labute approximate surface area is 136 Å². The van der Waals surface area contributed by atoms with Crippen LogP contribution in [0.1, 0.15) is 5.56 Å². The average molecular weight is 337 g/mol. The maximum absolute atomic E-state index is 12.3. The van der Waals surface area contributed by atoms with Crippen LogP contribution in [0.4, 0.5) is 18.9 Å². The van der Waals surface area contributed by atoms with Crippen LogP contribution in [0, 0.1) is 0 Å². The van der Waals surface area contributed by atoms with Crippen LogP contribution in [0.2, 0.25) is 0 Å². The SMILES string of the molecule is O=C(/C=C/c1ccccc1)Nc1ccccc1SCC(F)(F)F. The molecule has 0 aliphatic rings. The van der Waals surface area contributed by atoms with Crippen molar-refractivity contribution in [2.75, 3.05) is 11.1 Å². The maximum atomic E-state index is 12.3. The first-order valence-electron chi connectivity index (χ1n) is 6.77. The second-order valence-corrected chi connectivity index (χ2v) is 5.65. The van der Waals surface area contributed by atoms with Gasteiger partial charge in [-0.15, -0.1) is 11.8 Å². The molecule has 6 heteroatoms. The summed E-state index contributed by atoms with van der Waals surface area (Å²) in [6.07, 6.45) is -1.27. The standard InChI is InChI=1S/C17H14F3NOS/c18-17(19,20)12-23-15-9-5-4-8-14(15)21-16(22)11-10-13-6-2-1-3-7-13/h1-11H,12H2,(H,21,22)/b11-10+. The molecule has 0 radical (unpaired) electrons. The van der Waals surface area contributed by atoms with E-state index >= 15 is 0 Å². The summed E-state index contributed by atoms with van der Waals surface area (Å²) < 4.78 is 37.0. The van der Waals surface area contributed by atoms with Gasteiger partial charge < -0.3 is 5.32 Å². The van der Waals surface area contributed by atoms with Crippen molar-refractivity contribution in [2.24, 2.45) is 0 Å². The molecule has 0 fully saturated rings. The minimum atomic E-state index is -4.25. The zero-order valence-corrected chi connectivity index (χ0v) is 12.8. The van der Waals surface area contributed by atoms with Crippen molar-refractivity contribution >= 4 is 29.4 Å². The number of carbonyl (C=O) groups is 1. The normalized spacial score (nSPS) is 11.6. The van der Waals surface area contributed by atoms with Crippen molar-refractivity contribution in [1.29, 1.82) is 0 Å². The van der Waals surface area contributed by atoms with Gasteiger partial charge in [0, 0.05) is 11.0 Å². The fourth-order valence-electron chi connectivity index (χ4n) is 1.77. The summed E-state index contributed by atoms with van der Waals surface area (Å²) in [7, 11) is 0. The molecule has 120 valence electrons. The van der Waals surface area contributed by atoms with Crippen LogP contribution in [0.15, 0.2) is 65.6 Å². The van der Waals surface area contributed by atoms with Gasteiger partial charge in [0.1, 0.15) is 0 Å². The Morgan fingerprint density at radius 3 is 2.39 bits per heavy atom. The molecule has 0 aliphatic carbocycles. The van der Waals surface area contributed by atoms with Crippen LogP contribution in [0.25, 0.3) is 6.08 Å². The highest BCUT2D eigenvalue weighted by Crippen LogP contribution is 2.32. The van der Waals surface area contributed by atoms with E-state index in [0.29, 0.717) is 22.3 Å². The van der Waals surface area contributed by atoms with Crippen molar-refractivity contribution in [3.05, 3.63) is 66.2 Å². The number of nitrogens with one attached hydrogen (secondary N) is 1. The van der Waals surface area contributed by atoms with Crippen LogP contribution in [-0.2, 0) is 4.79 Å². The van der Waals surface area contributed by atoms with Crippen LogP contribution < -0.4 is 5.32 Å². The maximum Gasteiger partial charge on any atom is 0.398 e. The summed E-state index contributed by atoms with van der Waals surface area (Å²) in [5.74, 6) is -1.39. The van der Waals surface area contributed by atoms with Gasteiger partial charge in [-0.2, -0.15) is 13.2 Å². The lowest BCUT2D eigenvalue weighted by Crippen LogP contribution is -2.12. The van der Waals surface area contributed by atoms with Crippen molar-refractivity contribution in [3.63, 3.8) is 0 Å². The number of benzene rings is 2. The number of carbonyl (C=O) groups excluding carboxylic acids is 1. The molecule has 23 heavy (non-hydrogen) atoms. The predicted molar refractivity (Wildman–Crippen MR) is 87.3 cm³/mol. The Morgan fingerprint density at radius 1 is 1.04 bits per heavy atom. The first-order valence-corrected chi connectivity index (χ1v) is 7.75. The van der Waals surface area contributed by atoms with Crippen molar-refractivity contribution < 1.29 is 18.0 Å². The third-order valence-electron chi connectivity index (χ3n) is 2.76. The third kappa shape index (κ3) is 6.20. The van der Waals surface area contributed by atoms with Gasteiger partial charge in [0.2, 0.25) is 5.91 Å². The number of anilines is 1. The first kappa shape index (κ1) is 17.1. The van der Waals surface area contributed by atoms with Gasteiger partial charge in [-0.1, -0.05) is 42.5 Å². The molecular weight excluding hydrogens is 323 g/mol. The highest BCUT2D eigenvalue weighted by molar-refractivity contribution is 7.99. The van der Waals surface area contributed by atoms with Gasteiger partial charge in [0.25, 0.3) is 0 Å². The second-order valence-electron chi connectivity index (χ2n) is 4.63. The number of thioether (sulfide) groups is 1. The summed E-state index contributed by atoms with van der Waals surface area (Å²) in [6.45, 7) is 0. The highest BCUT2D eigenvalue weighted by atomic mass is 32.2. The lowest BCUT2D eigenvalue weighted by atomic mass is 10.2. The molecule has 0 saturated carbocycles. The summed E-state index contributed by atoms with van der Waals surface area (Å²) in [4.78, 5) is 12.3. The molecule has 0 atom stereocenters. The van der Waals surface area contributed by atoms with Crippen LogP contribution >= 0.6 is 11.8 Å². The van der Waals surface area contributed by atoms with Gasteiger partial charge in [0.15, 0.2) is 0 Å². The van der Waals surface area contributed by atoms with Gasteiger partial charge in [0.05, 0.1) is 11.4 Å². The highest BCUT2D eigenvalue weighted by Gasteiger charge is 2.27. The Kier molecular flexibility index (Phi) is 5.87. The third-order valence-corrected chi connectivity index (χ3v) is 3.90. The number of amides is 1. The molecule has 2 nitrogen and oxygen atoms in total. The van der Waals surface area contributed by atoms with E-state index in [9.17, 15) is 18.0 Å². The Bertz CT molecular complexity index is 684. The van der Waals surface area contributed by atoms with E-state index in [4.69, 9.17) is 0 Å². The zero-order valence-electron chi connectivity index (χ0n) is 12.0. The molecule has 2 aromatic carbocycles. The summed E-state index contributed by atoms with van der Waals surface area (Å²) in [5, 5.41) is 2.60. The fraction of sp³-hybridized carbons (Fsp3) is 0.118. The molecule has 0 unspecified atom stereocenters. The average Bonchev–Trinajstić information content (AvgIpc) is 2.52. The molecule has 2 rings (SSSR count). The van der Waals surface area contributed by atoms with E-state index in [0.717, 1.165) is 5.56 Å². The molecular formula is C17H14F3NOS. The van der Waals surface area contributed by atoms with Crippen molar-refractivity contribution in [3.8, 4) is 0 Å². The van der Waals surface area contributed by atoms with Gasteiger partial charge in [-0.05, 0) is 23.8 Å². The van der Waals surface area contributed by atoms with Crippen LogP contribution in [-0.4, -0.2) is 17.8 Å². The fourth-order valence-corrected chi connectivity index (χ4v) is 2.53.